The van der Waals surface area contributed by atoms with Crippen molar-refractivity contribution < 1.29 is 13.2 Å². The van der Waals surface area contributed by atoms with Crippen LogP contribution in [0.2, 0.25) is 0 Å². The quantitative estimate of drug-likeness (QED) is 0.760. The number of anilines is 2. The zero-order chi connectivity index (χ0) is 14.4. The van der Waals surface area contributed by atoms with Crippen LogP contribution in [0.25, 0.3) is 0 Å². The van der Waals surface area contributed by atoms with Crippen molar-refractivity contribution in [2.75, 3.05) is 17.2 Å². The van der Waals surface area contributed by atoms with Crippen molar-refractivity contribution >= 4 is 27.3 Å². The van der Waals surface area contributed by atoms with Crippen LogP contribution in [0.15, 0.2) is 12.1 Å². The maximum absolute atomic E-state index is 12.0. The lowest BCUT2D eigenvalue weighted by molar-refractivity contribution is -0.117. The van der Waals surface area contributed by atoms with Gasteiger partial charge in [0.25, 0.3) is 0 Å². The molecule has 7 heteroatoms. The van der Waals surface area contributed by atoms with Crippen LogP contribution in [0, 0.1) is 13.8 Å². The highest BCUT2D eigenvalue weighted by Gasteiger charge is 2.38. The molecule has 4 N–H and O–H groups in total. The Kier molecular flexibility index (Phi) is 3.27. The molecule has 1 aliphatic rings. The molecule has 1 unspecified atom stereocenters. The van der Waals surface area contributed by atoms with Gasteiger partial charge >= 0.3 is 0 Å². The zero-order valence-corrected chi connectivity index (χ0v) is 11.7. The first-order chi connectivity index (χ1) is 8.70. The summed E-state index contributed by atoms with van der Waals surface area (Å²) in [5, 5.41) is 4.24. The molecule has 0 bridgehead atoms. The van der Waals surface area contributed by atoms with Crippen molar-refractivity contribution in [2.45, 2.75) is 25.5 Å². The molecule has 0 aliphatic carbocycles. The molecule has 1 saturated heterocycles. The average molecular weight is 283 g/mol. The number of nitrogens with zero attached hydrogens (tertiary/aromatic N) is 1. The molecule has 1 atom stereocenters. The number of sulfonamides is 1. The molecule has 0 saturated carbocycles. The van der Waals surface area contributed by atoms with Gasteiger partial charge in [-0.05, 0) is 31.0 Å². The lowest BCUT2D eigenvalue weighted by Crippen LogP contribution is -2.32. The molecule has 104 valence electrons. The molecular formula is C12H17N3O3S. The number of carbonyl (C=O) groups is 1. The normalized spacial score (nSPS) is 20.1. The van der Waals surface area contributed by atoms with Gasteiger partial charge in [0.05, 0.1) is 11.4 Å². The molecule has 1 amide bonds. The van der Waals surface area contributed by atoms with Crippen LogP contribution in [0.3, 0.4) is 0 Å². The summed E-state index contributed by atoms with van der Waals surface area (Å²) in [6.45, 7) is 3.81. The summed E-state index contributed by atoms with van der Waals surface area (Å²) in [6, 6.07) is 3.67. The molecule has 1 fully saturated rings. The van der Waals surface area contributed by atoms with Gasteiger partial charge in [0.15, 0.2) is 0 Å². The van der Waals surface area contributed by atoms with Crippen molar-refractivity contribution in [1.82, 2.24) is 0 Å². The van der Waals surface area contributed by atoms with Crippen molar-refractivity contribution in [3.63, 3.8) is 0 Å². The number of primary sulfonamides is 1. The summed E-state index contributed by atoms with van der Waals surface area (Å²) in [4.78, 5) is 13.4. The molecule has 1 aliphatic heterocycles. The van der Waals surface area contributed by atoms with E-state index in [9.17, 15) is 13.2 Å². The smallest absolute Gasteiger partial charge is 0.228 e. The van der Waals surface area contributed by atoms with Gasteiger partial charge in [-0.15, -0.1) is 0 Å². The van der Waals surface area contributed by atoms with E-state index >= 15 is 0 Å². The molecular weight excluding hydrogens is 266 g/mol. The minimum atomic E-state index is -3.71. The van der Waals surface area contributed by atoms with Crippen molar-refractivity contribution in [3.05, 3.63) is 23.3 Å². The van der Waals surface area contributed by atoms with Gasteiger partial charge in [-0.25, -0.2) is 13.6 Å². The third-order valence-corrected chi connectivity index (χ3v) is 4.54. The van der Waals surface area contributed by atoms with Crippen LogP contribution >= 0.6 is 0 Å². The topological polar surface area (TPSA) is 106 Å². The Hall–Kier alpha value is -1.60. The van der Waals surface area contributed by atoms with Crippen LogP contribution in [0.5, 0.6) is 0 Å². The van der Waals surface area contributed by atoms with Crippen LogP contribution in [0.4, 0.5) is 11.4 Å². The van der Waals surface area contributed by atoms with Gasteiger partial charge in [0, 0.05) is 13.0 Å². The predicted octanol–water partition coefficient (Wildman–Crippen LogP) is 0.279. The Balaban J connectivity index is 2.42. The molecule has 6 nitrogen and oxygen atoms in total. The molecule has 1 aromatic carbocycles. The van der Waals surface area contributed by atoms with Gasteiger partial charge in [-0.1, -0.05) is 6.07 Å². The van der Waals surface area contributed by atoms with Crippen molar-refractivity contribution in [2.24, 2.45) is 5.14 Å². The first kappa shape index (κ1) is 13.8. The number of hydrogen-bond donors (Lipinski definition) is 2. The maximum atomic E-state index is 12.0. The van der Waals surface area contributed by atoms with Gasteiger partial charge in [0.2, 0.25) is 15.9 Å². The van der Waals surface area contributed by atoms with E-state index in [4.69, 9.17) is 10.9 Å². The van der Waals surface area contributed by atoms with Crippen LogP contribution in [0.1, 0.15) is 17.5 Å². The number of carbonyl (C=O) groups excluding carboxylic acids is 1. The highest BCUT2D eigenvalue weighted by molar-refractivity contribution is 7.89. The van der Waals surface area contributed by atoms with Crippen molar-refractivity contribution in [1.29, 1.82) is 0 Å². The van der Waals surface area contributed by atoms with E-state index in [-0.39, 0.29) is 18.9 Å². The summed E-state index contributed by atoms with van der Waals surface area (Å²) in [6.07, 6.45) is -0.0917. The second kappa shape index (κ2) is 4.50. The SMILES string of the molecule is Cc1cc(C)c(N2CC(S(N)(=O)=O)CC2=O)c(N)c1. The summed E-state index contributed by atoms with van der Waals surface area (Å²) in [5.41, 5.74) is 8.84. The zero-order valence-electron chi connectivity index (χ0n) is 10.9. The summed E-state index contributed by atoms with van der Waals surface area (Å²) < 4.78 is 22.7. The molecule has 0 aromatic heterocycles. The predicted molar refractivity (Wildman–Crippen MR) is 74.2 cm³/mol. The summed E-state index contributed by atoms with van der Waals surface area (Å²) >= 11 is 0. The largest absolute Gasteiger partial charge is 0.397 e. The van der Waals surface area contributed by atoms with E-state index in [1.807, 2.05) is 19.9 Å². The fourth-order valence-corrected chi connectivity index (χ4v) is 3.20. The highest BCUT2D eigenvalue weighted by atomic mass is 32.2. The lowest BCUT2D eigenvalue weighted by Gasteiger charge is -2.21. The molecule has 0 spiro atoms. The number of rotatable bonds is 2. The first-order valence-electron chi connectivity index (χ1n) is 5.89. The Labute approximate surface area is 112 Å². The number of amides is 1. The molecule has 2 rings (SSSR count). The lowest BCUT2D eigenvalue weighted by atomic mass is 10.1. The van der Waals surface area contributed by atoms with E-state index in [1.165, 1.54) is 4.90 Å². The number of benzene rings is 1. The van der Waals surface area contributed by atoms with E-state index in [0.29, 0.717) is 11.4 Å². The third kappa shape index (κ3) is 2.57. The van der Waals surface area contributed by atoms with Crippen LogP contribution < -0.4 is 15.8 Å². The van der Waals surface area contributed by atoms with E-state index in [1.54, 1.807) is 6.07 Å². The van der Waals surface area contributed by atoms with Crippen LogP contribution in [-0.4, -0.2) is 26.1 Å². The minimum absolute atomic E-state index is 0.0613. The Morgan fingerprint density at radius 3 is 2.42 bits per heavy atom. The Morgan fingerprint density at radius 1 is 1.32 bits per heavy atom. The summed E-state index contributed by atoms with van der Waals surface area (Å²) in [7, 11) is -3.71. The van der Waals surface area contributed by atoms with Crippen LogP contribution in [-0.2, 0) is 14.8 Å². The fraction of sp³-hybridized carbons (Fsp3) is 0.417. The average Bonchev–Trinajstić information content (AvgIpc) is 2.59. The first-order valence-corrected chi connectivity index (χ1v) is 7.50. The fourth-order valence-electron chi connectivity index (χ4n) is 2.47. The third-order valence-electron chi connectivity index (χ3n) is 3.30. The monoisotopic (exact) mass is 283 g/mol. The molecule has 0 radical (unpaired) electrons. The Morgan fingerprint density at radius 2 is 1.95 bits per heavy atom. The van der Waals surface area contributed by atoms with Gasteiger partial charge in [-0.3, -0.25) is 4.79 Å². The van der Waals surface area contributed by atoms with Gasteiger partial charge < -0.3 is 10.6 Å². The molecule has 19 heavy (non-hydrogen) atoms. The molecule has 1 heterocycles. The maximum Gasteiger partial charge on any atom is 0.228 e. The van der Waals surface area contributed by atoms with Gasteiger partial charge in [0.1, 0.15) is 5.25 Å². The minimum Gasteiger partial charge on any atom is -0.397 e. The molecule has 1 aromatic rings. The highest BCUT2D eigenvalue weighted by Crippen LogP contribution is 2.33. The second-order valence-corrected chi connectivity index (χ2v) is 6.78. The van der Waals surface area contributed by atoms with E-state index in [2.05, 4.69) is 0 Å². The van der Waals surface area contributed by atoms with Crippen molar-refractivity contribution in [3.8, 4) is 0 Å². The number of aryl methyl sites for hydroxylation is 2. The van der Waals surface area contributed by atoms with E-state index in [0.717, 1.165) is 11.1 Å². The summed E-state index contributed by atoms with van der Waals surface area (Å²) in [5.74, 6) is -0.266. The number of nitrogens with two attached hydrogens (primary N) is 2. The Bertz CT molecular complexity index is 617. The van der Waals surface area contributed by atoms with Gasteiger partial charge in [-0.2, -0.15) is 0 Å². The number of hydrogen-bond acceptors (Lipinski definition) is 4. The standard InChI is InChI=1S/C12H17N3O3S/c1-7-3-8(2)12(10(13)4-7)15-6-9(5-11(15)16)19(14,17)18/h3-4,9H,5-6,13H2,1-2H3,(H2,14,17,18). The van der Waals surface area contributed by atoms with E-state index < -0.39 is 15.3 Å². The second-order valence-electron chi connectivity index (χ2n) is 4.94. The number of nitrogen functional groups attached to an aromatic ring is 1.